The van der Waals surface area contributed by atoms with Crippen molar-refractivity contribution in [3.05, 3.63) is 59.4 Å². The van der Waals surface area contributed by atoms with Gasteiger partial charge in [-0.1, -0.05) is 24.3 Å². The number of rotatable bonds is 5. The number of nitrogens with zero attached hydrogens (tertiary/aromatic N) is 1. The van der Waals surface area contributed by atoms with Crippen molar-refractivity contribution in [3.8, 4) is 0 Å². The molecule has 18 heavy (non-hydrogen) atoms. The van der Waals surface area contributed by atoms with E-state index in [9.17, 15) is 4.79 Å². The zero-order valence-corrected chi connectivity index (χ0v) is 9.91. The average Bonchev–Trinajstić information content (AvgIpc) is 2.79. The van der Waals surface area contributed by atoms with Crippen molar-refractivity contribution in [3.63, 3.8) is 0 Å². The lowest BCUT2D eigenvalue weighted by atomic mass is 10.0. The van der Waals surface area contributed by atoms with Gasteiger partial charge in [0.15, 0.2) is 0 Å². The Labute approximate surface area is 105 Å². The van der Waals surface area contributed by atoms with Crippen LogP contribution in [0.3, 0.4) is 0 Å². The van der Waals surface area contributed by atoms with Crippen molar-refractivity contribution < 1.29 is 15.0 Å². The molecule has 0 aliphatic rings. The van der Waals surface area contributed by atoms with Crippen LogP contribution in [0.5, 0.6) is 0 Å². The van der Waals surface area contributed by atoms with E-state index in [-0.39, 0.29) is 13.0 Å². The molecule has 1 aromatic carbocycles. The number of aliphatic carboxylic acids is 1. The van der Waals surface area contributed by atoms with Crippen LogP contribution in [0.4, 0.5) is 0 Å². The molecule has 0 radical (unpaired) electrons. The third-order valence-electron chi connectivity index (χ3n) is 2.81. The molecule has 4 nitrogen and oxygen atoms in total. The van der Waals surface area contributed by atoms with Gasteiger partial charge >= 0.3 is 5.97 Å². The van der Waals surface area contributed by atoms with E-state index in [1.54, 1.807) is 0 Å². The van der Waals surface area contributed by atoms with Crippen molar-refractivity contribution in [2.75, 3.05) is 0 Å². The van der Waals surface area contributed by atoms with Gasteiger partial charge in [-0.2, -0.15) is 0 Å². The Bertz CT molecular complexity index is 545. The first-order chi connectivity index (χ1) is 8.69. The van der Waals surface area contributed by atoms with Crippen LogP contribution in [0.15, 0.2) is 42.7 Å². The molecule has 0 saturated heterocycles. The number of hydrogen-bond donors (Lipinski definition) is 2. The maximum absolute atomic E-state index is 10.8. The zero-order valence-electron chi connectivity index (χ0n) is 9.91. The Hall–Kier alpha value is -2.07. The predicted molar refractivity (Wildman–Crippen MR) is 67.2 cm³/mol. The summed E-state index contributed by atoms with van der Waals surface area (Å²) in [6, 6.07) is 9.35. The number of aliphatic hydroxyl groups excluding tert-OH is 1. The fourth-order valence-corrected chi connectivity index (χ4v) is 1.93. The van der Waals surface area contributed by atoms with Crippen molar-refractivity contribution in [2.45, 2.75) is 19.6 Å². The first kappa shape index (κ1) is 12.4. The van der Waals surface area contributed by atoms with Crippen LogP contribution in [0, 0.1) is 0 Å². The highest BCUT2D eigenvalue weighted by Crippen LogP contribution is 2.12. The minimum Gasteiger partial charge on any atom is -0.481 e. The van der Waals surface area contributed by atoms with E-state index in [1.807, 2.05) is 47.3 Å². The van der Waals surface area contributed by atoms with Gasteiger partial charge in [-0.3, -0.25) is 4.79 Å². The summed E-state index contributed by atoms with van der Waals surface area (Å²) in [5.41, 5.74) is 2.66. The van der Waals surface area contributed by atoms with Crippen molar-refractivity contribution in [1.29, 1.82) is 0 Å². The molecule has 0 aliphatic heterocycles. The van der Waals surface area contributed by atoms with Gasteiger partial charge in [0.05, 0.1) is 13.0 Å². The summed E-state index contributed by atoms with van der Waals surface area (Å²) in [6.07, 6.45) is 3.77. The highest BCUT2D eigenvalue weighted by Gasteiger charge is 2.06. The van der Waals surface area contributed by atoms with Gasteiger partial charge in [0.1, 0.15) is 0 Å². The highest BCUT2D eigenvalue weighted by atomic mass is 16.4. The third kappa shape index (κ3) is 2.99. The van der Waals surface area contributed by atoms with E-state index in [1.165, 1.54) is 0 Å². The Balaban J connectivity index is 2.20. The number of carboxylic acid groups (broad SMARTS) is 1. The molecule has 1 aromatic heterocycles. The summed E-state index contributed by atoms with van der Waals surface area (Å²) >= 11 is 0. The molecule has 0 fully saturated rings. The van der Waals surface area contributed by atoms with E-state index in [0.717, 1.165) is 16.7 Å². The van der Waals surface area contributed by atoms with Crippen LogP contribution in [-0.4, -0.2) is 20.7 Å². The quantitative estimate of drug-likeness (QED) is 0.842. The minimum atomic E-state index is -0.828. The predicted octanol–water partition coefficient (Wildman–Crippen LogP) is 1.66. The Morgan fingerprint density at radius 1 is 1.17 bits per heavy atom. The molecule has 0 saturated carbocycles. The smallest absolute Gasteiger partial charge is 0.307 e. The Kier molecular flexibility index (Phi) is 3.79. The van der Waals surface area contributed by atoms with Crippen molar-refractivity contribution in [2.24, 2.45) is 0 Å². The van der Waals surface area contributed by atoms with Crippen LogP contribution in [0.2, 0.25) is 0 Å². The number of aromatic nitrogens is 1. The van der Waals surface area contributed by atoms with Gasteiger partial charge in [-0.05, 0) is 22.8 Å². The molecule has 0 unspecified atom stereocenters. The van der Waals surface area contributed by atoms with E-state index in [4.69, 9.17) is 10.2 Å². The molecule has 2 N–H and O–H groups in total. The minimum absolute atomic E-state index is 0.0176. The summed E-state index contributed by atoms with van der Waals surface area (Å²) < 4.78 is 1.94. The average molecular weight is 245 g/mol. The molecule has 4 heteroatoms. The number of aliphatic hydroxyl groups is 1. The standard InChI is InChI=1S/C14H15NO3/c16-10-11-5-6-15(8-11)9-13-4-2-1-3-12(13)7-14(17)18/h1-6,8,16H,7,9-10H2,(H,17,18). The van der Waals surface area contributed by atoms with Crippen LogP contribution < -0.4 is 0 Å². The van der Waals surface area contributed by atoms with Crippen LogP contribution in [0.25, 0.3) is 0 Å². The van der Waals surface area contributed by atoms with Crippen molar-refractivity contribution in [1.82, 2.24) is 4.57 Å². The molecule has 0 aliphatic carbocycles. The summed E-state index contributed by atoms with van der Waals surface area (Å²) in [5, 5.41) is 17.9. The topological polar surface area (TPSA) is 62.5 Å². The normalized spacial score (nSPS) is 10.5. The van der Waals surface area contributed by atoms with Gasteiger partial charge in [-0.25, -0.2) is 0 Å². The summed E-state index contributed by atoms with van der Waals surface area (Å²) in [7, 11) is 0. The third-order valence-corrected chi connectivity index (χ3v) is 2.81. The molecule has 1 heterocycles. The highest BCUT2D eigenvalue weighted by molar-refractivity contribution is 5.70. The fraction of sp³-hybridized carbons (Fsp3) is 0.214. The monoisotopic (exact) mass is 245 g/mol. The van der Waals surface area contributed by atoms with E-state index >= 15 is 0 Å². The van der Waals surface area contributed by atoms with Crippen LogP contribution in [-0.2, 0) is 24.4 Å². The molecule has 0 atom stereocenters. The maximum atomic E-state index is 10.8. The summed E-state index contributed by atoms with van der Waals surface area (Å²) in [4.78, 5) is 10.8. The van der Waals surface area contributed by atoms with E-state index in [2.05, 4.69) is 0 Å². The van der Waals surface area contributed by atoms with Gasteiger partial charge in [0.2, 0.25) is 0 Å². The van der Waals surface area contributed by atoms with Gasteiger partial charge in [0.25, 0.3) is 0 Å². The Morgan fingerprint density at radius 2 is 1.89 bits per heavy atom. The largest absolute Gasteiger partial charge is 0.481 e. The SMILES string of the molecule is O=C(O)Cc1ccccc1Cn1ccc(CO)c1. The Morgan fingerprint density at radius 3 is 2.50 bits per heavy atom. The second-order valence-electron chi connectivity index (χ2n) is 4.19. The summed E-state index contributed by atoms with van der Waals surface area (Å²) in [5.74, 6) is -0.828. The summed E-state index contributed by atoms with van der Waals surface area (Å²) in [6.45, 7) is 0.632. The number of carboxylic acids is 1. The lowest BCUT2D eigenvalue weighted by molar-refractivity contribution is -0.136. The number of carbonyl (C=O) groups is 1. The molecule has 2 rings (SSSR count). The number of hydrogen-bond acceptors (Lipinski definition) is 2. The van der Waals surface area contributed by atoms with E-state index in [0.29, 0.717) is 6.54 Å². The lowest BCUT2D eigenvalue weighted by Gasteiger charge is -2.08. The second-order valence-corrected chi connectivity index (χ2v) is 4.19. The zero-order chi connectivity index (χ0) is 13.0. The van der Waals surface area contributed by atoms with E-state index < -0.39 is 5.97 Å². The van der Waals surface area contributed by atoms with Crippen LogP contribution >= 0.6 is 0 Å². The van der Waals surface area contributed by atoms with Crippen LogP contribution in [0.1, 0.15) is 16.7 Å². The second kappa shape index (κ2) is 5.51. The maximum Gasteiger partial charge on any atom is 0.307 e. The van der Waals surface area contributed by atoms with Gasteiger partial charge in [0, 0.05) is 18.9 Å². The van der Waals surface area contributed by atoms with Crippen molar-refractivity contribution >= 4 is 5.97 Å². The molecule has 0 spiro atoms. The molecule has 0 amide bonds. The molecule has 2 aromatic rings. The first-order valence-electron chi connectivity index (χ1n) is 5.73. The lowest BCUT2D eigenvalue weighted by Crippen LogP contribution is -2.06. The molecular formula is C14H15NO3. The molecular weight excluding hydrogens is 230 g/mol. The van der Waals surface area contributed by atoms with Gasteiger partial charge in [-0.15, -0.1) is 0 Å². The molecule has 0 bridgehead atoms. The van der Waals surface area contributed by atoms with Gasteiger partial charge < -0.3 is 14.8 Å². The fourth-order valence-electron chi connectivity index (χ4n) is 1.93. The molecule has 94 valence electrons. The number of benzene rings is 1. The first-order valence-corrected chi connectivity index (χ1v) is 5.73.